The Morgan fingerprint density at radius 2 is 1.86 bits per heavy atom. The molecular formula is C23H31N3O3. The monoisotopic (exact) mass is 397 g/mol. The molecule has 1 aliphatic heterocycles. The Bertz CT molecular complexity index is 789. The summed E-state index contributed by atoms with van der Waals surface area (Å²) in [5, 5.41) is 6.51. The van der Waals surface area contributed by atoms with Crippen molar-refractivity contribution in [2.45, 2.75) is 25.4 Å². The van der Waals surface area contributed by atoms with Crippen LogP contribution in [0.3, 0.4) is 0 Å². The van der Waals surface area contributed by atoms with Crippen LogP contribution in [-0.2, 0) is 9.53 Å². The molecule has 1 unspecified atom stereocenters. The third kappa shape index (κ3) is 5.79. The molecule has 156 valence electrons. The lowest BCUT2D eigenvalue weighted by molar-refractivity contribution is -0.118. The second kappa shape index (κ2) is 9.87. The molecule has 0 aliphatic carbocycles. The fourth-order valence-electron chi connectivity index (χ4n) is 3.55. The summed E-state index contributed by atoms with van der Waals surface area (Å²) in [6, 6.07) is 16.8. The number of carbonyl (C=O) groups is 1. The van der Waals surface area contributed by atoms with E-state index in [9.17, 15) is 4.79 Å². The van der Waals surface area contributed by atoms with Crippen LogP contribution in [0.2, 0.25) is 0 Å². The highest BCUT2D eigenvalue weighted by Crippen LogP contribution is 2.22. The topological polar surface area (TPSA) is 62.8 Å². The molecule has 29 heavy (non-hydrogen) atoms. The molecule has 0 bridgehead atoms. The number of anilines is 1. The van der Waals surface area contributed by atoms with Crippen molar-refractivity contribution in [3.63, 3.8) is 0 Å². The SMILES string of the molecule is COc1cccc(NC(=O)C(NCC(C)(C)N2CCOCC2)c2ccccc2)c1. The fourth-order valence-corrected chi connectivity index (χ4v) is 3.55. The number of hydrogen-bond acceptors (Lipinski definition) is 5. The van der Waals surface area contributed by atoms with Gasteiger partial charge in [-0.1, -0.05) is 36.4 Å². The van der Waals surface area contributed by atoms with E-state index in [-0.39, 0.29) is 11.4 Å². The van der Waals surface area contributed by atoms with Crippen LogP contribution in [0, 0.1) is 0 Å². The van der Waals surface area contributed by atoms with Crippen LogP contribution < -0.4 is 15.4 Å². The van der Waals surface area contributed by atoms with Crippen LogP contribution in [0.5, 0.6) is 5.75 Å². The number of carbonyl (C=O) groups excluding carboxylic acids is 1. The molecule has 0 spiro atoms. The van der Waals surface area contributed by atoms with Crippen molar-refractivity contribution in [2.75, 3.05) is 45.3 Å². The van der Waals surface area contributed by atoms with Crippen LogP contribution in [0.1, 0.15) is 25.5 Å². The van der Waals surface area contributed by atoms with E-state index in [2.05, 4.69) is 29.4 Å². The average Bonchev–Trinajstić information content (AvgIpc) is 2.75. The smallest absolute Gasteiger partial charge is 0.246 e. The summed E-state index contributed by atoms with van der Waals surface area (Å²) in [5.74, 6) is 0.614. The van der Waals surface area contributed by atoms with Crippen LogP contribution >= 0.6 is 0 Å². The molecular weight excluding hydrogens is 366 g/mol. The highest BCUT2D eigenvalue weighted by molar-refractivity contribution is 5.95. The Hall–Kier alpha value is -2.41. The molecule has 0 radical (unpaired) electrons. The summed E-state index contributed by atoms with van der Waals surface area (Å²) in [6.45, 7) is 8.39. The van der Waals surface area contributed by atoms with Gasteiger partial charge in [0.05, 0.1) is 20.3 Å². The van der Waals surface area contributed by atoms with Crippen LogP contribution in [0.25, 0.3) is 0 Å². The zero-order chi connectivity index (χ0) is 20.7. The van der Waals surface area contributed by atoms with Gasteiger partial charge in [-0.2, -0.15) is 0 Å². The molecule has 1 saturated heterocycles. The van der Waals surface area contributed by atoms with Crippen LogP contribution in [-0.4, -0.2) is 56.3 Å². The fraction of sp³-hybridized carbons (Fsp3) is 0.435. The van der Waals surface area contributed by atoms with Gasteiger partial charge < -0.3 is 20.1 Å². The third-order valence-electron chi connectivity index (χ3n) is 5.34. The average molecular weight is 398 g/mol. The molecule has 1 fully saturated rings. The number of nitrogens with one attached hydrogen (secondary N) is 2. The Balaban J connectivity index is 1.73. The van der Waals surface area contributed by atoms with Gasteiger partial charge in [-0.05, 0) is 31.5 Å². The van der Waals surface area contributed by atoms with Gasteiger partial charge in [0.25, 0.3) is 0 Å². The lowest BCUT2D eigenvalue weighted by atomic mass is 9.99. The minimum absolute atomic E-state index is 0.0902. The van der Waals surface area contributed by atoms with Crippen LogP contribution in [0.15, 0.2) is 54.6 Å². The van der Waals surface area contributed by atoms with E-state index < -0.39 is 6.04 Å². The first-order valence-electron chi connectivity index (χ1n) is 10.1. The maximum atomic E-state index is 13.2. The number of rotatable bonds is 8. The van der Waals surface area contributed by atoms with Gasteiger partial charge in [-0.15, -0.1) is 0 Å². The molecule has 0 aromatic heterocycles. The predicted octanol–water partition coefficient (Wildman–Crippen LogP) is 3.08. The van der Waals surface area contributed by atoms with Crippen molar-refractivity contribution >= 4 is 11.6 Å². The Morgan fingerprint density at radius 3 is 2.55 bits per heavy atom. The second-order valence-electron chi connectivity index (χ2n) is 7.86. The summed E-state index contributed by atoms with van der Waals surface area (Å²) >= 11 is 0. The number of nitrogens with zero attached hydrogens (tertiary/aromatic N) is 1. The molecule has 2 aromatic rings. The van der Waals surface area contributed by atoms with Crippen molar-refractivity contribution in [2.24, 2.45) is 0 Å². The maximum Gasteiger partial charge on any atom is 0.246 e. The molecule has 1 atom stereocenters. The highest BCUT2D eigenvalue weighted by atomic mass is 16.5. The van der Waals surface area contributed by atoms with E-state index in [1.54, 1.807) is 7.11 Å². The van der Waals surface area contributed by atoms with Gasteiger partial charge >= 0.3 is 0 Å². The number of benzene rings is 2. The number of methoxy groups -OCH3 is 1. The van der Waals surface area contributed by atoms with E-state index in [1.807, 2.05) is 54.6 Å². The van der Waals surface area contributed by atoms with Gasteiger partial charge in [0, 0.05) is 36.9 Å². The quantitative estimate of drug-likeness (QED) is 0.717. The second-order valence-corrected chi connectivity index (χ2v) is 7.86. The first kappa shape index (κ1) is 21.3. The van der Waals surface area contributed by atoms with E-state index in [4.69, 9.17) is 9.47 Å². The Labute approximate surface area is 173 Å². The molecule has 6 heteroatoms. The molecule has 1 amide bonds. The third-order valence-corrected chi connectivity index (χ3v) is 5.34. The Morgan fingerprint density at radius 1 is 1.14 bits per heavy atom. The lowest BCUT2D eigenvalue weighted by Crippen LogP contribution is -2.55. The van der Waals surface area contributed by atoms with Crippen molar-refractivity contribution in [3.05, 3.63) is 60.2 Å². The maximum absolute atomic E-state index is 13.2. The standard InChI is InChI=1S/C23H31N3O3/c1-23(2,26-12-14-29-15-13-26)17-24-21(18-8-5-4-6-9-18)22(27)25-19-10-7-11-20(16-19)28-3/h4-11,16,21,24H,12-15,17H2,1-3H3,(H,25,27). The summed E-state index contributed by atoms with van der Waals surface area (Å²) in [4.78, 5) is 15.6. The molecule has 0 saturated carbocycles. The van der Waals surface area contributed by atoms with Gasteiger partial charge in [-0.3, -0.25) is 9.69 Å². The first-order valence-corrected chi connectivity index (χ1v) is 10.1. The van der Waals surface area contributed by atoms with Gasteiger partial charge in [-0.25, -0.2) is 0 Å². The highest BCUT2D eigenvalue weighted by Gasteiger charge is 2.30. The number of amides is 1. The zero-order valence-electron chi connectivity index (χ0n) is 17.5. The first-order chi connectivity index (χ1) is 14.0. The molecule has 1 aliphatic rings. The molecule has 6 nitrogen and oxygen atoms in total. The van der Waals surface area contributed by atoms with E-state index in [0.29, 0.717) is 18.0 Å². The predicted molar refractivity (Wildman–Crippen MR) is 115 cm³/mol. The van der Waals surface area contributed by atoms with E-state index >= 15 is 0 Å². The number of morpholine rings is 1. The lowest BCUT2D eigenvalue weighted by Gasteiger charge is -2.41. The molecule has 3 rings (SSSR count). The molecule has 1 heterocycles. The minimum atomic E-state index is -0.456. The largest absolute Gasteiger partial charge is 0.497 e. The van der Waals surface area contributed by atoms with Gasteiger partial charge in [0.15, 0.2) is 0 Å². The summed E-state index contributed by atoms with van der Waals surface area (Å²) in [5.41, 5.74) is 1.56. The number of ether oxygens (including phenoxy) is 2. The molecule has 2 aromatic carbocycles. The number of hydrogen-bond donors (Lipinski definition) is 2. The van der Waals surface area contributed by atoms with Crippen molar-refractivity contribution in [3.8, 4) is 5.75 Å². The zero-order valence-corrected chi connectivity index (χ0v) is 17.5. The van der Waals surface area contributed by atoms with Crippen LogP contribution in [0.4, 0.5) is 5.69 Å². The van der Waals surface area contributed by atoms with Gasteiger partial charge in [0.2, 0.25) is 5.91 Å². The summed E-state index contributed by atoms with van der Waals surface area (Å²) in [7, 11) is 1.61. The molecule has 2 N–H and O–H groups in total. The van der Waals surface area contributed by atoms with Gasteiger partial charge in [0.1, 0.15) is 11.8 Å². The summed E-state index contributed by atoms with van der Waals surface area (Å²) < 4.78 is 10.7. The van der Waals surface area contributed by atoms with Crippen molar-refractivity contribution < 1.29 is 14.3 Å². The van der Waals surface area contributed by atoms with Crippen molar-refractivity contribution in [1.82, 2.24) is 10.2 Å². The van der Waals surface area contributed by atoms with Crippen molar-refractivity contribution in [1.29, 1.82) is 0 Å². The summed E-state index contributed by atoms with van der Waals surface area (Å²) in [6.07, 6.45) is 0. The Kier molecular flexibility index (Phi) is 7.25. The minimum Gasteiger partial charge on any atom is -0.497 e. The normalized spacial score (nSPS) is 16.2. The van der Waals surface area contributed by atoms with E-state index in [0.717, 1.165) is 31.9 Å². The van der Waals surface area contributed by atoms with E-state index in [1.165, 1.54) is 0 Å².